The van der Waals surface area contributed by atoms with E-state index in [4.69, 9.17) is 5.11 Å². The third-order valence-electron chi connectivity index (χ3n) is 1.84. The SMILES string of the molecule is O=C(O)c1cc(O)cc2sc(S)cc12. The van der Waals surface area contributed by atoms with Crippen molar-refractivity contribution in [3.63, 3.8) is 0 Å². The van der Waals surface area contributed by atoms with Crippen LogP contribution in [0.15, 0.2) is 22.4 Å². The van der Waals surface area contributed by atoms with Crippen LogP contribution in [0, 0.1) is 0 Å². The van der Waals surface area contributed by atoms with Gasteiger partial charge in [-0.2, -0.15) is 0 Å². The molecule has 0 saturated carbocycles. The zero-order chi connectivity index (χ0) is 10.3. The monoisotopic (exact) mass is 226 g/mol. The van der Waals surface area contributed by atoms with Crippen LogP contribution in [0.2, 0.25) is 0 Å². The quantitative estimate of drug-likeness (QED) is 0.655. The Balaban J connectivity index is 2.85. The molecule has 0 amide bonds. The second-order valence-corrected chi connectivity index (χ2v) is 4.66. The van der Waals surface area contributed by atoms with Gasteiger partial charge in [0.2, 0.25) is 0 Å². The summed E-state index contributed by atoms with van der Waals surface area (Å²) in [7, 11) is 0. The van der Waals surface area contributed by atoms with Crippen LogP contribution in [-0.2, 0) is 0 Å². The molecule has 0 fully saturated rings. The summed E-state index contributed by atoms with van der Waals surface area (Å²) >= 11 is 5.48. The molecule has 0 aliphatic heterocycles. The molecule has 2 rings (SSSR count). The molecular formula is C9H6O3S2. The van der Waals surface area contributed by atoms with Crippen LogP contribution in [0.4, 0.5) is 0 Å². The second-order valence-electron chi connectivity index (χ2n) is 2.79. The smallest absolute Gasteiger partial charge is 0.336 e. The van der Waals surface area contributed by atoms with E-state index in [1.54, 1.807) is 6.07 Å². The standard InChI is InChI=1S/C9H6O3S2/c10-4-1-6(9(11)12)5-3-8(13)14-7(5)2-4/h1-3,10,13H,(H,11,12). The van der Waals surface area contributed by atoms with E-state index >= 15 is 0 Å². The van der Waals surface area contributed by atoms with Crippen molar-refractivity contribution in [2.45, 2.75) is 4.21 Å². The predicted octanol–water partition coefficient (Wildman–Crippen LogP) is 2.59. The highest BCUT2D eigenvalue weighted by Gasteiger charge is 2.12. The molecule has 0 atom stereocenters. The minimum Gasteiger partial charge on any atom is -0.508 e. The number of aromatic carboxylic acids is 1. The molecule has 14 heavy (non-hydrogen) atoms. The molecule has 1 heterocycles. The summed E-state index contributed by atoms with van der Waals surface area (Å²) in [6, 6.07) is 4.46. The molecule has 1 aromatic carbocycles. The summed E-state index contributed by atoms with van der Waals surface area (Å²) in [5.41, 5.74) is 0.108. The highest BCUT2D eigenvalue weighted by Crippen LogP contribution is 2.33. The van der Waals surface area contributed by atoms with Crippen LogP contribution in [0.5, 0.6) is 5.75 Å². The Labute approximate surface area is 89.0 Å². The van der Waals surface area contributed by atoms with E-state index in [0.29, 0.717) is 5.39 Å². The Bertz CT molecular complexity index is 516. The van der Waals surface area contributed by atoms with Gasteiger partial charge in [0, 0.05) is 10.1 Å². The first kappa shape index (κ1) is 9.36. The zero-order valence-corrected chi connectivity index (χ0v) is 8.60. The van der Waals surface area contributed by atoms with E-state index in [1.165, 1.54) is 23.5 Å². The molecule has 1 aromatic heterocycles. The number of phenols is 1. The number of thiol groups is 1. The van der Waals surface area contributed by atoms with Crippen molar-refractivity contribution in [2.75, 3.05) is 0 Å². The third-order valence-corrected chi connectivity index (χ3v) is 3.13. The molecule has 0 saturated heterocycles. The Kier molecular flexibility index (Phi) is 2.13. The van der Waals surface area contributed by atoms with Gasteiger partial charge >= 0.3 is 5.97 Å². The van der Waals surface area contributed by atoms with Gasteiger partial charge in [0.05, 0.1) is 9.77 Å². The van der Waals surface area contributed by atoms with Crippen LogP contribution in [-0.4, -0.2) is 16.2 Å². The Morgan fingerprint density at radius 2 is 2.07 bits per heavy atom. The topological polar surface area (TPSA) is 57.5 Å². The maximum atomic E-state index is 10.8. The lowest BCUT2D eigenvalue weighted by Gasteiger charge is -1.98. The number of carboxylic acids is 1. The van der Waals surface area contributed by atoms with Crippen molar-refractivity contribution in [1.29, 1.82) is 0 Å². The molecule has 72 valence electrons. The fourth-order valence-corrected chi connectivity index (χ4v) is 2.57. The maximum absolute atomic E-state index is 10.8. The Morgan fingerprint density at radius 3 is 2.71 bits per heavy atom. The molecule has 0 spiro atoms. The van der Waals surface area contributed by atoms with E-state index in [-0.39, 0.29) is 11.3 Å². The summed E-state index contributed by atoms with van der Waals surface area (Å²) < 4.78 is 1.46. The number of carbonyl (C=O) groups is 1. The van der Waals surface area contributed by atoms with Gasteiger partial charge in [-0.1, -0.05) is 0 Å². The van der Waals surface area contributed by atoms with Crippen molar-refractivity contribution < 1.29 is 15.0 Å². The molecule has 2 N–H and O–H groups in total. The Hall–Kier alpha value is -1.20. The van der Waals surface area contributed by atoms with Gasteiger partial charge in [-0.25, -0.2) is 4.79 Å². The average Bonchev–Trinajstić information content (AvgIpc) is 2.42. The van der Waals surface area contributed by atoms with Crippen LogP contribution in [0.1, 0.15) is 10.4 Å². The first-order valence-electron chi connectivity index (χ1n) is 3.77. The van der Waals surface area contributed by atoms with Crippen molar-refractivity contribution in [3.05, 3.63) is 23.8 Å². The third kappa shape index (κ3) is 1.44. The fraction of sp³-hybridized carbons (Fsp3) is 0. The average molecular weight is 226 g/mol. The van der Waals surface area contributed by atoms with Gasteiger partial charge in [-0.15, -0.1) is 24.0 Å². The summed E-state index contributed by atoms with van der Waals surface area (Å²) in [5, 5.41) is 18.8. The second kappa shape index (κ2) is 3.18. The summed E-state index contributed by atoms with van der Waals surface area (Å²) in [6.45, 7) is 0. The highest BCUT2D eigenvalue weighted by molar-refractivity contribution is 7.83. The molecule has 5 heteroatoms. The van der Waals surface area contributed by atoms with E-state index < -0.39 is 5.97 Å². The number of thiophene rings is 1. The molecule has 0 radical (unpaired) electrons. The molecule has 0 aliphatic rings. The lowest BCUT2D eigenvalue weighted by molar-refractivity contribution is 0.0698. The lowest BCUT2D eigenvalue weighted by Crippen LogP contribution is -1.95. The van der Waals surface area contributed by atoms with Crippen molar-refractivity contribution in [3.8, 4) is 5.75 Å². The minimum atomic E-state index is -1.04. The van der Waals surface area contributed by atoms with Crippen LogP contribution < -0.4 is 0 Å². The van der Waals surface area contributed by atoms with E-state index in [1.807, 2.05) is 0 Å². The molecular weight excluding hydrogens is 220 g/mol. The number of carboxylic acid groups (broad SMARTS) is 1. The van der Waals surface area contributed by atoms with Gasteiger partial charge in [0.25, 0.3) is 0 Å². The van der Waals surface area contributed by atoms with Gasteiger partial charge in [-0.3, -0.25) is 0 Å². The van der Waals surface area contributed by atoms with E-state index in [9.17, 15) is 9.90 Å². The number of fused-ring (bicyclic) bond motifs is 1. The van der Waals surface area contributed by atoms with Gasteiger partial charge in [-0.05, 0) is 18.2 Å². The molecule has 2 aromatic rings. The van der Waals surface area contributed by atoms with Crippen molar-refractivity contribution >= 4 is 40.0 Å². The number of hydrogen-bond acceptors (Lipinski definition) is 4. The molecule has 0 bridgehead atoms. The highest BCUT2D eigenvalue weighted by atomic mass is 32.2. The molecule has 3 nitrogen and oxygen atoms in total. The minimum absolute atomic E-state index is 0.0370. The van der Waals surface area contributed by atoms with E-state index in [0.717, 1.165) is 8.91 Å². The Morgan fingerprint density at radius 1 is 1.36 bits per heavy atom. The van der Waals surface area contributed by atoms with Crippen molar-refractivity contribution in [1.82, 2.24) is 0 Å². The fourth-order valence-electron chi connectivity index (χ4n) is 1.29. The van der Waals surface area contributed by atoms with Gasteiger partial charge in [0.1, 0.15) is 5.75 Å². The number of hydrogen-bond donors (Lipinski definition) is 3. The number of rotatable bonds is 1. The summed E-state index contributed by atoms with van der Waals surface area (Å²) in [6.07, 6.45) is 0. The molecule has 0 aliphatic carbocycles. The van der Waals surface area contributed by atoms with Crippen molar-refractivity contribution in [2.24, 2.45) is 0 Å². The zero-order valence-electron chi connectivity index (χ0n) is 6.89. The first-order chi connectivity index (χ1) is 6.58. The van der Waals surface area contributed by atoms with Crippen LogP contribution in [0.3, 0.4) is 0 Å². The lowest BCUT2D eigenvalue weighted by atomic mass is 10.1. The normalized spacial score (nSPS) is 10.6. The molecule has 0 unspecified atom stereocenters. The summed E-state index contributed by atoms with van der Waals surface area (Å²) in [5.74, 6) is -1.08. The predicted molar refractivity (Wildman–Crippen MR) is 57.7 cm³/mol. The largest absolute Gasteiger partial charge is 0.508 e. The van der Waals surface area contributed by atoms with Crippen LogP contribution >= 0.6 is 24.0 Å². The number of benzene rings is 1. The summed E-state index contributed by atoms with van der Waals surface area (Å²) in [4.78, 5) is 10.8. The van der Waals surface area contributed by atoms with Gasteiger partial charge in [0.15, 0.2) is 0 Å². The van der Waals surface area contributed by atoms with Crippen LogP contribution in [0.25, 0.3) is 10.1 Å². The maximum Gasteiger partial charge on any atom is 0.336 e. The number of phenolic OH excluding ortho intramolecular Hbond substituents is 1. The number of aromatic hydroxyl groups is 1. The van der Waals surface area contributed by atoms with E-state index in [2.05, 4.69) is 12.6 Å². The van der Waals surface area contributed by atoms with Gasteiger partial charge < -0.3 is 10.2 Å². The first-order valence-corrected chi connectivity index (χ1v) is 5.03.